The zero-order chi connectivity index (χ0) is 25.0. The number of rotatable bonds is 9. The maximum Gasteiger partial charge on any atom is 0.264 e. The minimum Gasteiger partial charge on any atom is -0.493 e. The van der Waals surface area contributed by atoms with Crippen molar-refractivity contribution in [1.82, 2.24) is 10.2 Å². The van der Waals surface area contributed by atoms with Gasteiger partial charge in [-0.1, -0.05) is 52.0 Å². The van der Waals surface area contributed by atoms with Gasteiger partial charge in [-0.15, -0.1) is 0 Å². The Morgan fingerprint density at radius 3 is 1.80 bits per heavy atom. The van der Waals surface area contributed by atoms with Gasteiger partial charge in [-0.05, 0) is 72.3 Å². The minimum absolute atomic E-state index is 0.0282. The molecular weight excluding hydrogens is 460 g/mol. The lowest BCUT2D eigenvalue weighted by atomic mass is 9.82. The number of hydrogen-bond acceptors (Lipinski definition) is 5. The molecule has 0 aromatic heterocycles. The number of thiocarbonyl (C=S) groups is 1. The summed E-state index contributed by atoms with van der Waals surface area (Å²) in [4.78, 5) is 16.0. The fourth-order valence-electron chi connectivity index (χ4n) is 4.51. The highest BCUT2D eigenvalue weighted by Crippen LogP contribution is 2.39. The number of ether oxygens (including phenoxy) is 3. The van der Waals surface area contributed by atoms with Crippen molar-refractivity contribution >= 4 is 23.2 Å². The van der Waals surface area contributed by atoms with Crippen LogP contribution in [0.4, 0.5) is 0 Å². The largest absolute Gasteiger partial charge is 0.493 e. The summed E-state index contributed by atoms with van der Waals surface area (Å²) in [5, 5.41) is 3.88. The lowest BCUT2D eigenvalue weighted by Crippen LogP contribution is -2.47. The summed E-state index contributed by atoms with van der Waals surface area (Å²) in [5.41, 5.74) is 0.544. The molecule has 35 heavy (non-hydrogen) atoms. The molecule has 2 saturated heterocycles. The molecule has 1 N–H and O–H groups in total. The number of nitrogens with one attached hydrogen (secondary N) is 1. The van der Waals surface area contributed by atoms with E-state index in [4.69, 9.17) is 26.4 Å². The maximum absolute atomic E-state index is 14.2. The summed E-state index contributed by atoms with van der Waals surface area (Å²) in [6, 6.07) is 15.6. The molecular formula is C28H36N2O4S. The van der Waals surface area contributed by atoms with E-state index < -0.39 is 5.54 Å². The number of benzene rings is 2. The average molecular weight is 497 g/mol. The first-order chi connectivity index (χ1) is 16.8. The summed E-state index contributed by atoms with van der Waals surface area (Å²) in [6.45, 7) is 11.0. The summed E-state index contributed by atoms with van der Waals surface area (Å²) in [5.74, 6) is 2.37. The minimum atomic E-state index is -1.11. The highest BCUT2D eigenvalue weighted by molar-refractivity contribution is 7.80. The smallest absolute Gasteiger partial charge is 0.264 e. The Hall–Kier alpha value is -2.64. The van der Waals surface area contributed by atoms with Crippen LogP contribution in [0.3, 0.4) is 0 Å². The van der Waals surface area contributed by atoms with E-state index in [1.54, 1.807) is 4.90 Å². The van der Waals surface area contributed by atoms with Crippen LogP contribution in [0.25, 0.3) is 0 Å². The van der Waals surface area contributed by atoms with Crippen molar-refractivity contribution in [1.29, 1.82) is 0 Å². The Balaban J connectivity index is 1.70. The Morgan fingerprint density at radius 2 is 1.37 bits per heavy atom. The number of carbonyl (C=O) groups excluding carboxylic acids is 1. The molecule has 0 aliphatic carbocycles. The molecule has 2 fully saturated rings. The van der Waals surface area contributed by atoms with Crippen molar-refractivity contribution in [2.24, 2.45) is 11.8 Å². The predicted molar refractivity (Wildman–Crippen MR) is 141 cm³/mol. The van der Waals surface area contributed by atoms with Crippen molar-refractivity contribution in [2.45, 2.75) is 52.1 Å². The van der Waals surface area contributed by atoms with Gasteiger partial charge in [0.05, 0.1) is 13.2 Å². The van der Waals surface area contributed by atoms with Crippen LogP contribution in [-0.2, 0) is 15.1 Å². The van der Waals surface area contributed by atoms with E-state index in [1.165, 1.54) is 0 Å². The van der Waals surface area contributed by atoms with Gasteiger partial charge in [0.2, 0.25) is 0 Å². The molecule has 2 aliphatic heterocycles. The highest BCUT2D eigenvalue weighted by atomic mass is 32.1. The Bertz CT molecular complexity index is 959. The van der Waals surface area contributed by atoms with Crippen molar-refractivity contribution in [2.75, 3.05) is 26.4 Å². The van der Waals surface area contributed by atoms with Crippen LogP contribution in [0.15, 0.2) is 48.5 Å². The average Bonchev–Trinajstić information content (AvgIpc) is 3.13. The second-order valence-electron chi connectivity index (χ2n) is 10.2. The molecule has 4 rings (SSSR count). The van der Waals surface area contributed by atoms with Crippen molar-refractivity contribution < 1.29 is 19.0 Å². The Morgan fingerprint density at radius 1 is 0.914 bits per heavy atom. The summed E-state index contributed by atoms with van der Waals surface area (Å²) in [6.07, 6.45) is 1.54. The zero-order valence-electron chi connectivity index (χ0n) is 21.1. The van der Waals surface area contributed by atoms with Gasteiger partial charge in [0.15, 0.2) is 10.7 Å². The van der Waals surface area contributed by atoms with Gasteiger partial charge in [0, 0.05) is 19.3 Å². The molecule has 1 amide bonds. The zero-order valence-corrected chi connectivity index (χ0v) is 21.9. The third kappa shape index (κ3) is 5.46. The molecule has 6 nitrogen and oxygen atoms in total. The highest BCUT2D eigenvalue weighted by Gasteiger charge is 2.53. The molecule has 2 aromatic rings. The first-order valence-corrected chi connectivity index (χ1v) is 12.9. The third-order valence-electron chi connectivity index (χ3n) is 6.35. The van der Waals surface area contributed by atoms with Gasteiger partial charge < -0.3 is 19.5 Å². The van der Waals surface area contributed by atoms with Crippen molar-refractivity contribution in [3.63, 3.8) is 0 Å². The summed E-state index contributed by atoms with van der Waals surface area (Å²) >= 11 is 5.74. The number of hydrogen-bond donors (Lipinski definition) is 1. The normalized spacial score (nSPS) is 18.3. The SMILES string of the molecule is CC(C)COc1ccc(C2(c3ccc(OCC(C)C)cc3)NC(=S)N(C3CCOCC3)C2=O)cc1. The van der Waals surface area contributed by atoms with Crippen LogP contribution in [0, 0.1) is 11.8 Å². The number of nitrogens with zero attached hydrogens (tertiary/aromatic N) is 1. The van der Waals surface area contributed by atoms with E-state index >= 15 is 0 Å². The molecule has 0 saturated carbocycles. The fraction of sp³-hybridized carbons (Fsp3) is 0.500. The number of carbonyl (C=O) groups is 1. The van der Waals surface area contributed by atoms with Crippen LogP contribution in [0.2, 0.25) is 0 Å². The van der Waals surface area contributed by atoms with Gasteiger partial charge in [-0.3, -0.25) is 9.69 Å². The van der Waals surface area contributed by atoms with E-state index in [9.17, 15) is 4.79 Å². The Labute approximate surface area is 213 Å². The van der Waals surface area contributed by atoms with Gasteiger partial charge in [-0.2, -0.15) is 0 Å². The second-order valence-corrected chi connectivity index (χ2v) is 10.5. The molecule has 2 aliphatic rings. The van der Waals surface area contributed by atoms with E-state index in [1.807, 2.05) is 48.5 Å². The van der Waals surface area contributed by atoms with Crippen molar-refractivity contribution in [3.05, 3.63) is 59.7 Å². The fourth-order valence-corrected chi connectivity index (χ4v) is 4.89. The first kappa shape index (κ1) is 25.5. The van der Waals surface area contributed by atoms with E-state index in [0.717, 1.165) is 35.5 Å². The molecule has 0 bridgehead atoms. The van der Waals surface area contributed by atoms with Crippen LogP contribution in [0.1, 0.15) is 51.7 Å². The van der Waals surface area contributed by atoms with Crippen LogP contribution in [-0.4, -0.2) is 48.4 Å². The third-order valence-corrected chi connectivity index (χ3v) is 6.65. The molecule has 188 valence electrons. The number of amides is 1. The van der Waals surface area contributed by atoms with Crippen LogP contribution < -0.4 is 14.8 Å². The Kier molecular flexibility index (Phi) is 7.97. The lowest BCUT2D eigenvalue weighted by molar-refractivity contribution is -0.132. The standard InChI is InChI=1S/C28H36N2O4S/c1-19(2)17-33-24-9-5-21(6-10-24)28(22-7-11-25(12-8-22)34-18-20(3)4)26(31)30(27(35)29-28)23-13-15-32-16-14-23/h5-12,19-20,23H,13-18H2,1-4H3,(H,29,35). The molecule has 7 heteroatoms. The first-order valence-electron chi connectivity index (χ1n) is 12.5. The molecule has 0 spiro atoms. The molecule has 0 atom stereocenters. The van der Waals surface area contributed by atoms with Crippen molar-refractivity contribution in [3.8, 4) is 11.5 Å². The van der Waals surface area contributed by atoms with Gasteiger partial charge in [0.1, 0.15) is 11.5 Å². The monoisotopic (exact) mass is 496 g/mol. The molecule has 0 unspecified atom stereocenters. The van der Waals surface area contributed by atoms with E-state index in [0.29, 0.717) is 43.4 Å². The van der Waals surface area contributed by atoms with Crippen LogP contribution >= 0.6 is 12.2 Å². The topological polar surface area (TPSA) is 60.0 Å². The van der Waals surface area contributed by atoms with Gasteiger partial charge >= 0.3 is 0 Å². The van der Waals surface area contributed by atoms with E-state index in [2.05, 4.69) is 33.0 Å². The summed E-state index contributed by atoms with van der Waals surface area (Å²) in [7, 11) is 0. The van der Waals surface area contributed by atoms with Crippen LogP contribution in [0.5, 0.6) is 11.5 Å². The maximum atomic E-state index is 14.2. The second kappa shape index (κ2) is 11.0. The van der Waals surface area contributed by atoms with Gasteiger partial charge in [-0.25, -0.2) is 0 Å². The quantitative estimate of drug-likeness (QED) is 0.499. The summed E-state index contributed by atoms with van der Waals surface area (Å²) < 4.78 is 17.3. The predicted octanol–water partition coefficient (Wildman–Crippen LogP) is 4.90. The molecule has 2 aromatic carbocycles. The van der Waals surface area contributed by atoms with Gasteiger partial charge in [0.25, 0.3) is 5.91 Å². The van der Waals surface area contributed by atoms with E-state index in [-0.39, 0.29) is 11.9 Å². The molecule has 2 heterocycles. The molecule has 0 radical (unpaired) electrons. The lowest BCUT2D eigenvalue weighted by Gasteiger charge is -2.32.